The molecule has 1 aliphatic heterocycles. The van der Waals surface area contributed by atoms with Gasteiger partial charge < -0.3 is 0 Å². The topological polar surface area (TPSA) is 68.1 Å². The third kappa shape index (κ3) is 3.61. The Balaban J connectivity index is 1.74. The van der Waals surface area contributed by atoms with Gasteiger partial charge in [-0.3, -0.25) is 9.67 Å². The van der Waals surface area contributed by atoms with E-state index in [2.05, 4.69) is 23.1 Å². The Kier molecular flexibility index (Phi) is 4.50. The Morgan fingerprint density at radius 1 is 1.30 bits per heavy atom. The van der Waals surface area contributed by atoms with E-state index in [1.165, 1.54) is 11.8 Å². The van der Waals surface area contributed by atoms with Crippen molar-refractivity contribution in [1.82, 2.24) is 19.1 Å². The average Bonchev–Trinajstić information content (AvgIpc) is 3.15. The molecule has 3 heterocycles. The zero-order valence-electron chi connectivity index (χ0n) is 13.5. The SMILES string of the molecule is CCn1nccc1-c1cc(C[C@@H]2CCN(S(C)(=O)=O)C2)ccn1. The first-order chi connectivity index (χ1) is 11.0. The Hall–Kier alpha value is -1.73. The molecular formula is C16H22N4O2S. The third-order valence-electron chi connectivity index (χ3n) is 4.34. The molecule has 3 rings (SSSR count). The lowest BCUT2D eigenvalue weighted by Gasteiger charge is -2.13. The predicted molar refractivity (Wildman–Crippen MR) is 89.4 cm³/mol. The molecule has 6 nitrogen and oxygen atoms in total. The third-order valence-corrected chi connectivity index (χ3v) is 5.61. The van der Waals surface area contributed by atoms with Gasteiger partial charge in [0, 0.05) is 32.0 Å². The van der Waals surface area contributed by atoms with Gasteiger partial charge in [0.15, 0.2) is 0 Å². The van der Waals surface area contributed by atoms with E-state index < -0.39 is 10.0 Å². The number of hydrogen-bond donors (Lipinski definition) is 0. The quantitative estimate of drug-likeness (QED) is 0.836. The van der Waals surface area contributed by atoms with Gasteiger partial charge in [-0.25, -0.2) is 12.7 Å². The molecule has 1 aliphatic rings. The summed E-state index contributed by atoms with van der Waals surface area (Å²) in [5.74, 6) is 0.371. The van der Waals surface area contributed by atoms with Crippen LogP contribution < -0.4 is 0 Å². The molecular weight excluding hydrogens is 312 g/mol. The van der Waals surface area contributed by atoms with Crippen LogP contribution in [0.5, 0.6) is 0 Å². The second-order valence-electron chi connectivity index (χ2n) is 6.06. The highest BCUT2D eigenvalue weighted by atomic mass is 32.2. The molecule has 0 aliphatic carbocycles. The van der Waals surface area contributed by atoms with E-state index in [0.717, 1.165) is 30.8 Å². The molecule has 0 aromatic carbocycles. The molecule has 0 radical (unpaired) electrons. The average molecular weight is 334 g/mol. The fraction of sp³-hybridized carbons (Fsp3) is 0.500. The second kappa shape index (κ2) is 6.41. The lowest BCUT2D eigenvalue weighted by Crippen LogP contribution is -2.27. The summed E-state index contributed by atoms with van der Waals surface area (Å²) < 4.78 is 26.7. The maximum Gasteiger partial charge on any atom is 0.211 e. The maximum atomic E-state index is 11.6. The first kappa shape index (κ1) is 16.1. The lowest BCUT2D eigenvalue weighted by atomic mass is 9.99. The van der Waals surface area contributed by atoms with Gasteiger partial charge in [-0.05, 0) is 49.4 Å². The fourth-order valence-electron chi connectivity index (χ4n) is 3.14. The molecule has 1 atom stereocenters. The lowest BCUT2D eigenvalue weighted by molar-refractivity contribution is 0.460. The van der Waals surface area contributed by atoms with Gasteiger partial charge in [0.25, 0.3) is 0 Å². The Morgan fingerprint density at radius 3 is 2.83 bits per heavy atom. The summed E-state index contributed by atoms with van der Waals surface area (Å²) in [4.78, 5) is 4.45. The zero-order valence-corrected chi connectivity index (χ0v) is 14.3. The molecule has 0 amide bonds. The van der Waals surface area contributed by atoms with Gasteiger partial charge in [-0.1, -0.05) is 0 Å². The van der Waals surface area contributed by atoms with Crippen LogP contribution in [0.3, 0.4) is 0 Å². The smallest absolute Gasteiger partial charge is 0.211 e. The summed E-state index contributed by atoms with van der Waals surface area (Å²) in [5, 5.41) is 4.28. The number of pyridine rings is 1. The highest BCUT2D eigenvalue weighted by molar-refractivity contribution is 7.88. The van der Waals surface area contributed by atoms with E-state index in [1.807, 2.05) is 23.0 Å². The Labute approximate surface area is 137 Å². The molecule has 0 bridgehead atoms. The number of hydrogen-bond acceptors (Lipinski definition) is 4. The summed E-state index contributed by atoms with van der Waals surface area (Å²) in [5.41, 5.74) is 3.12. The monoisotopic (exact) mass is 334 g/mol. The standard InChI is InChI=1S/C16H22N4O2S/c1-3-20-16(5-8-18-20)15-11-13(4-7-17-15)10-14-6-9-19(12-14)23(2,21)22/h4-5,7-8,11,14H,3,6,9-10,12H2,1-2H3/t14-/m0/s1. The molecule has 0 saturated carbocycles. The van der Waals surface area contributed by atoms with Crippen LogP contribution in [0.15, 0.2) is 30.6 Å². The molecule has 0 unspecified atom stereocenters. The summed E-state index contributed by atoms with van der Waals surface area (Å²) >= 11 is 0. The number of rotatable bonds is 5. The normalized spacial score (nSPS) is 19.3. The summed E-state index contributed by atoms with van der Waals surface area (Å²) in [6, 6.07) is 6.07. The van der Waals surface area contributed by atoms with Crippen molar-refractivity contribution in [3.63, 3.8) is 0 Å². The van der Waals surface area contributed by atoms with Crippen molar-refractivity contribution in [2.75, 3.05) is 19.3 Å². The Bertz CT molecular complexity index is 785. The molecule has 124 valence electrons. The Morgan fingerprint density at radius 2 is 2.13 bits per heavy atom. The second-order valence-corrected chi connectivity index (χ2v) is 8.04. The van der Waals surface area contributed by atoms with Crippen LogP contribution in [0.2, 0.25) is 0 Å². The molecule has 2 aromatic heterocycles. The molecule has 7 heteroatoms. The van der Waals surface area contributed by atoms with Gasteiger partial charge in [0.2, 0.25) is 10.0 Å². The van der Waals surface area contributed by atoms with Crippen LogP contribution in [0, 0.1) is 5.92 Å². The van der Waals surface area contributed by atoms with Gasteiger partial charge in [0.05, 0.1) is 17.6 Å². The van der Waals surface area contributed by atoms with Crippen molar-refractivity contribution in [3.8, 4) is 11.4 Å². The van der Waals surface area contributed by atoms with E-state index >= 15 is 0 Å². The van der Waals surface area contributed by atoms with Gasteiger partial charge in [0.1, 0.15) is 0 Å². The van der Waals surface area contributed by atoms with Crippen molar-refractivity contribution >= 4 is 10.0 Å². The van der Waals surface area contributed by atoms with Crippen LogP contribution in [0.4, 0.5) is 0 Å². The van der Waals surface area contributed by atoms with E-state index in [0.29, 0.717) is 19.0 Å². The number of nitrogens with zero attached hydrogens (tertiary/aromatic N) is 4. The van der Waals surface area contributed by atoms with E-state index in [4.69, 9.17) is 0 Å². The number of aryl methyl sites for hydroxylation is 1. The van der Waals surface area contributed by atoms with Gasteiger partial charge in [-0.2, -0.15) is 5.10 Å². The summed E-state index contributed by atoms with van der Waals surface area (Å²) in [7, 11) is -3.07. The highest BCUT2D eigenvalue weighted by Crippen LogP contribution is 2.24. The van der Waals surface area contributed by atoms with Crippen molar-refractivity contribution < 1.29 is 8.42 Å². The first-order valence-corrected chi connectivity index (χ1v) is 9.74. The fourth-order valence-corrected chi connectivity index (χ4v) is 4.06. The van der Waals surface area contributed by atoms with Crippen LogP contribution in [0.25, 0.3) is 11.4 Å². The largest absolute Gasteiger partial charge is 0.264 e. The molecule has 1 saturated heterocycles. The molecule has 0 N–H and O–H groups in total. The van der Waals surface area contributed by atoms with Crippen molar-refractivity contribution in [3.05, 3.63) is 36.2 Å². The van der Waals surface area contributed by atoms with Gasteiger partial charge >= 0.3 is 0 Å². The van der Waals surface area contributed by atoms with Crippen LogP contribution in [-0.2, 0) is 23.0 Å². The van der Waals surface area contributed by atoms with Crippen molar-refractivity contribution in [1.29, 1.82) is 0 Å². The van der Waals surface area contributed by atoms with Crippen LogP contribution in [-0.4, -0.2) is 46.8 Å². The molecule has 2 aromatic rings. The minimum absolute atomic E-state index is 0.371. The molecule has 1 fully saturated rings. The zero-order chi connectivity index (χ0) is 16.4. The minimum Gasteiger partial charge on any atom is -0.264 e. The van der Waals surface area contributed by atoms with E-state index in [1.54, 1.807) is 10.5 Å². The number of aromatic nitrogens is 3. The maximum absolute atomic E-state index is 11.6. The summed E-state index contributed by atoms with van der Waals surface area (Å²) in [6.45, 7) is 4.10. The van der Waals surface area contributed by atoms with E-state index in [9.17, 15) is 8.42 Å². The number of sulfonamides is 1. The highest BCUT2D eigenvalue weighted by Gasteiger charge is 2.28. The van der Waals surface area contributed by atoms with Crippen LogP contribution in [0.1, 0.15) is 18.9 Å². The first-order valence-electron chi connectivity index (χ1n) is 7.89. The van der Waals surface area contributed by atoms with Crippen molar-refractivity contribution in [2.24, 2.45) is 5.92 Å². The van der Waals surface area contributed by atoms with E-state index in [-0.39, 0.29) is 0 Å². The van der Waals surface area contributed by atoms with Gasteiger partial charge in [-0.15, -0.1) is 0 Å². The molecule has 23 heavy (non-hydrogen) atoms. The van der Waals surface area contributed by atoms with Crippen molar-refractivity contribution in [2.45, 2.75) is 26.3 Å². The molecule has 0 spiro atoms. The minimum atomic E-state index is -3.07. The predicted octanol–water partition coefficient (Wildman–Crippen LogP) is 1.79. The summed E-state index contributed by atoms with van der Waals surface area (Å²) in [6.07, 6.45) is 6.68. The van der Waals surface area contributed by atoms with Crippen LogP contribution >= 0.6 is 0 Å².